The molecule has 2 aromatic heterocycles. The van der Waals surface area contributed by atoms with E-state index in [4.69, 9.17) is 0 Å². The minimum atomic E-state index is -0.214. The van der Waals surface area contributed by atoms with Crippen LogP contribution >= 0.6 is 0 Å². The molecule has 30 heavy (non-hydrogen) atoms. The highest BCUT2D eigenvalue weighted by atomic mass is 16.2. The Kier molecular flexibility index (Phi) is 5.87. The Labute approximate surface area is 176 Å². The van der Waals surface area contributed by atoms with Crippen molar-refractivity contribution in [3.63, 3.8) is 0 Å². The van der Waals surface area contributed by atoms with E-state index in [1.165, 1.54) is 6.33 Å². The standard InChI is InChI=1S/C22H28N6O2/c1-14(2)21(30)20-18(28-19(29)10-24-9-17-3-4-23-13-27-17)5-15(8-26-20)16-6-22(7-16)11-25-12-22/h3-5,8,13-14,16,24-25H,6-7,9-12H2,1-2H3,(H,28,29). The summed E-state index contributed by atoms with van der Waals surface area (Å²) < 4.78 is 0. The van der Waals surface area contributed by atoms with Gasteiger partial charge in [-0.05, 0) is 41.9 Å². The van der Waals surface area contributed by atoms with E-state index in [1.54, 1.807) is 12.3 Å². The average Bonchev–Trinajstić information content (AvgIpc) is 2.66. The predicted octanol–water partition coefficient (Wildman–Crippen LogP) is 1.91. The van der Waals surface area contributed by atoms with E-state index in [1.807, 2.05) is 26.1 Å². The van der Waals surface area contributed by atoms with Crippen LogP contribution in [0.15, 0.2) is 30.9 Å². The summed E-state index contributed by atoms with van der Waals surface area (Å²) in [7, 11) is 0. The first-order chi connectivity index (χ1) is 14.5. The van der Waals surface area contributed by atoms with Gasteiger partial charge in [-0.15, -0.1) is 0 Å². The van der Waals surface area contributed by atoms with Crippen LogP contribution in [0.3, 0.4) is 0 Å². The van der Waals surface area contributed by atoms with Crippen molar-refractivity contribution in [3.8, 4) is 0 Å². The predicted molar refractivity (Wildman–Crippen MR) is 113 cm³/mol. The second kappa shape index (κ2) is 8.57. The van der Waals surface area contributed by atoms with Crippen molar-refractivity contribution >= 4 is 17.4 Å². The van der Waals surface area contributed by atoms with Gasteiger partial charge >= 0.3 is 0 Å². The van der Waals surface area contributed by atoms with Crippen molar-refractivity contribution in [2.45, 2.75) is 39.2 Å². The zero-order valence-corrected chi connectivity index (χ0v) is 17.4. The fourth-order valence-corrected chi connectivity index (χ4v) is 4.18. The Bertz CT molecular complexity index is 918. The second-order valence-corrected chi connectivity index (χ2v) is 8.74. The fraction of sp³-hybridized carbons (Fsp3) is 0.500. The number of aromatic nitrogens is 3. The number of carbonyl (C=O) groups excluding carboxylic acids is 2. The molecule has 0 unspecified atom stereocenters. The number of pyridine rings is 1. The number of carbonyl (C=O) groups is 2. The molecule has 2 aromatic rings. The normalized spacial score (nSPS) is 17.4. The molecule has 0 radical (unpaired) electrons. The fourth-order valence-electron chi connectivity index (χ4n) is 4.18. The van der Waals surface area contributed by atoms with Crippen LogP contribution in [-0.2, 0) is 11.3 Å². The first-order valence-electron chi connectivity index (χ1n) is 10.5. The van der Waals surface area contributed by atoms with E-state index in [0.717, 1.165) is 37.2 Å². The molecule has 4 rings (SSSR count). The zero-order valence-electron chi connectivity index (χ0n) is 17.4. The van der Waals surface area contributed by atoms with E-state index in [0.29, 0.717) is 29.3 Å². The van der Waals surface area contributed by atoms with Crippen molar-refractivity contribution in [2.24, 2.45) is 11.3 Å². The summed E-state index contributed by atoms with van der Waals surface area (Å²) in [4.78, 5) is 37.6. The second-order valence-electron chi connectivity index (χ2n) is 8.74. The molecule has 1 saturated heterocycles. The molecule has 0 aromatic carbocycles. The number of rotatable bonds is 8. The molecule has 3 N–H and O–H groups in total. The topological polar surface area (TPSA) is 109 Å². The average molecular weight is 409 g/mol. The summed E-state index contributed by atoms with van der Waals surface area (Å²) in [6.07, 6.45) is 7.21. The van der Waals surface area contributed by atoms with Crippen LogP contribution in [0.2, 0.25) is 0 Å². The van der Waals surface area contributed by atoms with Crippen LogP contribution in [0.25, 0.3) is 0 Å². The Morgan fingerprint density at radius 2 is 2.07 bits per heavy atom. The summed E-state index contributed by atoms with van der Waals surface area (Å²) in [6.45, 7) is 6.43. The van der Waals surface area contributed by atoms with Gasteiger partial charge in [-0.25, -0.2) is 9.97 Å². The third-order valence-electron chi connectivity index (χ3n) is 6.01. The van der Waals surface area contributed by atoms with Gasteiger partial charge in [0.05, 0.1) is 17.9 Å². The van der Waals surface area contributed by atoms with Crippen molar-refractivity contribution in [1.29, 1.82) is 0 Å². The van der Waals surface area contributed by atoms with Crippen molar-refractivity contribution in [1.82, 2.24) is 25.6 Å². The molecule has 1 aliphatic carbocycles. The highest BCUT2D eigenvalue weighted by Gasteiger charge is 2.48. The molecule has 1 aliphatic heterocycles. The maximum Gasteiger partial charge on any atom is 0.238 e. The van der Waals surface area contributed by atoms with Gasteiger partial charge in [0.15, 0.2) is 5.78 Å². The highest BCUT2D eigenvalue weighted by Crippen LogP contribution is 2.53. The van der Waals surface area contributed by atoms with Crippen LogP contribution in [0.4, 0.5) is 5.69 Å². The number of nitrogens with one attached hydrogen (secondary N) is 3. The van der Waals surface area contributed by atoms with Crippen LogP contribution in [0.5, 0.6) is 0 Å². The summed E-state index contributed by atoms with van der Waals surface area (Å²) >= 11 is 0. The van der Waals surface area contributed by atoms with Crippen molar-refractivity contribution in [2.75, 3.05) is 25.0 Å². The highest BCUT2D eigenvalue weighted by molar-refractivity contribution is 6.04. The molecular weight excluding hydrogens is 380 g/mol. The molecular formula is C22H28N6O2. The molecule has 3 heterocycles. The van der Waals surface area contributed by atoms with Gasteiger partial charge in [0.25, 0.3) is 0 Å². The molecule has 0 atom stereocenters. The van der Waals surface area contributed by atoms with Crippen LogP contribution in [0, 0.1) is 11.3 Å². The van der Waals surface area contributed by atoms with E-state index in [-0.39, 0.29) is 24.2 Å². The SMILES string of the molecule is CC(C)C(=O)c1ncc(C2CC3(CNC3)C2)cc1NC(=O)CNCc1ccncn1. The number of amides is 1. The smallest absolute Gasteiger partial charge is 0.238 e. The Morgan fingerprint density at radius 1 is 1.27 bits per heavy atom. The maximum atomic E-state index is 12.6. The first-order valence-corrected chi connectivity index (χ1v) is 10.5. The molecule has 2 fully saturated rings. The van der Waals surface area contributed by atoms with E-state index >= 15 is 0 Å². The lowest BCUT2D eigenvalue weighted by Gasteiger charge is -2.54. The number of ketones is 1. The number of anilines is 1. The third kappa shape index (κ3) is 4.39. The largest absolute Gasteiger partial charge is 0.323 e. The lowest BCUT2D eigenvalue weighted by molar-refractivity contribution is -0.115. The quantitative estimate of drug-likeness (QED) is 0.573. The van der Waals surface area contributed by atoms with Gasteiger partial charge in [-0.1, -0.05) is 13.8 Å². The molecule has 1 saturated carbocycles. The van der Waals surface area contributed by atoms with E-state index in [9.17, 15) is 9.59 Å². The van der Waals surface area contributed by atoms with E-state index < -0.39 is 0 Å². The summed E-state index contributed by atoms with van der Waals surface area (Å²) in [6, 6.07) is 3.73. The Balaban J connectivity index is 1.42. The summed E-state index contributed by atoms with van der Waals surface area (Å²) in [5.41, 5.74) is 3.19. The first kappa shape index (κ1) is 20.6. The zero-order chi connectivity index (χ0) is 21.1. The van der Waals surface area contributed by atoms with Gasteiger partial charge in [-0.3, -0.25) is 14.6 Å². The van der Waals surface area contributed by atoms with Gasteiger partial charge < -0.3 is 16.0 Å². The minimum absolute atomic E-state index is 0.0703. The molecule has 8 heteroatoms. The monoisotopic (exact) mass is 408 g/mol. The molecule has 158 valence electrons. The maximum absolute atomic E-state index is 12.6. The Morgan fingerprint density at radius 3 is 2.70 bits per heavy atom. The molecule has 8 nitrogen and oxygen atoms in total. The molecule has 0 bridgehead atoms. The van der Waals surface area contributed by atoms with Crippen LogP contribution in [0.1, 0.15) is 54.4 Å². The van der Waals surface area contributed by atoms with Crippen LogP contribution in [-0.4, -0.2) is 46.3 Å². The lowest BCUT2D eigenvalue weighted by Crippen LogP contribution is -2.59. The van der Waals surface area contributed by atoms with E-state index in [2.05, 4.69) is 30.9 Å². The number of hydrogen-bond acceptors (Lipinski definition) is 7. The lowest BCUT2D eigenvalue weighted by atomic mass is 9.57. The Hall–Kier alpha value is -2.71. The molecule has 1 spiro atoms. The number of nitrogens with zero attached hydrogens (tertiary/aromatic N) is 3. The number of Topliss-reactive ketones (excluding diaryl/α,β-unsaturated/α-hetero) is 1. The third-order valence-corrected chi connectivity index (χ3v) is 6.01. The molecule has 2 aliphatic rings. The number of hydrogen-bond donors (Lipinski definition) is 3. The van der Waals surface area contributed by atoms with Gasteiger partial charge in [0.2, 0.25) is 5.91 Å². The minimum Gasteiger partial charge on any atom is -0.323 e. The summed E-state index contributed by atoms with van der Waals surface area (Å²) in [5.74, 6) is -0.0367. The molecule has 1 amide bonds. The van der Waals surface area contributed by atoms with Gasteiger partial charge in [-0.2, -0.15) is 0 Å². The van der Waals surface area contributed by atoms with Gasteiger partial charge in [0, 0.05) is 37.9 Å². The summed E-state index contributed by atoms with van der Waals surface area (Å²) in [5, 5.41) is 9.31. The van der Waals surface area contributed by atoms with Crippen LogP contribution < -0.4 is 16.0 Å². The van der Waals surface area contributed by atoms with Gasteiger partial charge in [0.1, 0.15) is 12.0 Å². The van der Waals surface area contributed by atoms with Crippen molar-refractivity contribution in [3.05, 3.63) is 47.8 Å². The van der Waals surface area contributed by atoms with Crippen molar-refractivity contribution < 1.29 is 9.59 Å².